The molecular formula is C11H16FN3O. The Morgan fingerprint density at radius 2 is 2.25 bits per heavy atom. The van der Waals surface area contributed by atoms with Crippen molar-refractivity contribution < 1.29 is 9.50 Å². The van der Waals surface area contributed by atoms with Crippen LogP contribution in [-0.4, -0.2) is 34.3 Å². The van der Waals surface area contributed by atoms with Crippen LogP contribution in [0.2, 0.25) is 0 Å². The molecule has 0 aromatic carbocycles. The summed E-state index contributed by atoms with van der Waals surface area (Å²) in [6, 6.07) is 0.334. The molecule has 1 aromatic rings. The van der Waals surface area contributed by atoms with Gasteiger partial charge in [-0.2, -0.15) is 0 Å². The maximum Gasteiger partial charge on any atom is 0.187 e. The molecule has 16 heavy (non-hydrogen) atoms. The number of anilines is 1. The van der Waals surface area contributed by atoms with Gasteiger partial charge >= 0.3 is 0 Å². The molecule has 1 saturated carbocycles. The van der Waals surface area contributed by atoms with Gasteiger partial charge < -0.3 is 10.0 Å². The van der Waals surface area contributed by atoms with Crippen LogP contribution in [-0.2, 0) is 6.42 Å². The van der Waals surface area contributed by atoms with Crippen LogP contribution < -0.4 is 4.90 Å². The maximum atomic E-state index is 14.0. The third-order valence-electron chi connectivity index (χ3n) is 2.78. The molecule has 0 aliphatic heterocycles. The Hall–Kier alpha value is -1.23. The Morgan fingerprint density at radius 1 is 1.50 bits per heavy atom. The summed E-state index contributed by atoms with van der Waals surface area (Å²) >= 11 is 0. The number of aryl methyl sites for hydroxylation is 1. The van der Waals surface area contributed by atoms with Crippen molar-refractivity contribution in [1.29, 1.82) is 0 Å². The van der Waals surface area contributed by atoms with E-state index >= 15 is 0 Å². The topological polar surface area (TPSA) is 49.2 Å². The molecule has 0 spiro atoms. The van der Waals surface area contributed by atoms with Crippen LogP contribution in [0.15, 0.2) is 6.33 Å². The van der Waals surface area contributed by atoms with Gasteiger partial charge in [-0.05, 0) is 19.3 Å². The highest BCUT2D eigenvalue weighted by molar-refractivity contribution is 5.43. The summed E-state index contributed by atoms with van der Waals surface area (Å²) in [5.41, 5.74) is 0.439. The van der Waals surface area contributed by atoms with Gasteiger partial charge in [-0.15, -0.1) is 0 Å². The monoisotopic (exact) mass is 225 g/mol. The summed E-state index contributed by atoms with van der Waals surface area (Å²) in [6.45, 7) is 2.31. The zero-order valence-electron chi connectivity index (χ0n) is 9.36. The van der Waals surface area contributed by atoms with Gasteiger partial charge in [0.1, 0.15) is 6.33 Å². The van der Waals surface area contributed by atoms with Gasteiger partial charge in [0.05, 0.1) is 12.3 Å². The fourth-order valence-corrected chi connectivity index (χ4v) is 1.80. The van der Waals surface area contributed by atoms with Gasteiger partial charge in [0.25, 0.3) is 0 Å². The number of aliphatic hydroxyl groups is 1. The van der Waals surface area contributed by atoms with Crippen molar-refractivity contribution in [3.05, 3.63) is 17.8 Å². The Morgan fingerprint density at radius 3 is 2.81 bits per heavy atom. The number of halogens is 1. The summed E-state index contributed by atoms with van der Waals surface area (Å²) in [4.78, 5) is 9.74. The van der Waals surface area contributed by atoms with E-state index < -0.39 is 0 Å². The lowest BCUT2D eigenvalue weighted by molar-refractivity contribution is 0.300. The van der Waals surface area contributed by atoms with E-state index in [1.165, 1.54) is 6.33 Å². The Bertz CT molecular complexity index is 368. The van der Waals surface area contributed by atoms with Gasteiger partial charge in [0.2, 0.25) is 0 Å². The molecule has 0 saturated heterocycles. The number of rotatable bonds is 5. The van der Waals surface area contributed by atoms with E-state index in [1.807, 2.05) is 11.8 Å². The summed E-state index contributed by atoms with van der Waals surface area (Å²) in [6.07, 6.45) is 4.04. The van der Waals surface area contributed by atoms with Crippen LogP contribution in [0.3, 0.4) is 0 Å². The molecule has 1 aliphatic rings. The van der Waals surface area contributed by atoms with Crippen LogP contribution in [0.4, 0.5) is 10.2 Å². The van der Waals surface area contributed by atoms with Crippen molar-refractivity contribution in [3.8, 4) is 0 Å². The van der Waals surface area contributed by atoms with Crippen molar-refractivity contribution in [3.63, 3.8) is 0 Å². The molecule has 0 radical (unpaired) electrons. The van der Waals surface area contributed by atoms with Crippen LogP contribution in [0.1, 0.15) is 25.5 Å². The number of aromatic nitrogens is 2. The van der Waals surface area contributed by atoms with E-state index in [-0.39, 0.29) is 12.4 Å². The number of hydrogen-bond donors (Lipinski definition) is 1. The normalized spacial score (nSPS) is 15.2. The molecule has 1 aliphatic carbocycles. The predicted molar refractivity (Wildman–Crippen MR) is 58.8 cm³/mol. The molecule has 1 heterocycles. The Balaban J connectivity index is 2.29. The fraction of sp³-hybridized carbons (Fsp3) is 0.636. The average Bonchev–Trinajstić information content (AvgIpc) is 3.11. The Labute approximate surface area is 94.1 Å². The highest BCUT2D eigenvalue weighted by atomic mass is 19.1. The molecule has 5 heteroatoms. The standard InChI is InChI=1S/C11H16FN3O/c1-2-9-10(12)11(14-7-13-9)15(5-6-16)8-3-4-8/h7-8,16H,2-6H2,1H3. The largest absolute Gasteiger partial charge is 0.395 e. The van der Waals surface area contributed by atoms with Gasteiger partial charge in [0.15, 0.2) is 11.6 Å². The highest BCUT2D eigenvalue weighted by Gasteiger charge is 2.31. The summed E-state index contributed by atoms with van der Waals surface area (Å²) in [7, 11) is 0. The first-order valence-corrected chi connectivity index (χ1v) is 5.64. The van der Waals surface area contributed by atoms with E-state index in [2.05, 4.69) is 9.97 Å². The third kappa shape index (κ3) is 2.14. The minimum Gasteiger partial charge on any atom is -0.395 e. The number of hydrogen-bond acceptors (Lipinski definition) is 4. The number of aliphatic hydroxyl groups excluding tert-OH is 1. The minimum absolute atomic E-state index is 0.0153. The average molecular weight is 225 g/mol. The fourth-order valence-electron chi connectivity index (χ4n) is 1.80. The SMILES string of the molecule is CCc1ncnc(N(CCO)C2CC2)c1F. The molecular weight excluding hydrogens is 209 g/mol. The maximum absolute atomic E-state index is 14.0. The summed E-state index contributed by atoms with van der Waals surface area (Å²) < 4.78 is 14.0. The van der Waals surface area contributed by atoms with Gasteiger partial charge in [-0.1, -0.05) is 6.92 Å². The van der Waals surface area contributed by atoms with Crippen molar-refractivity contribution in [1.82, 2.24) is 9.97 Å². The molecule has 0 bridgehead atoms. The molecule has 2 rings (SSSR count). The van der Waals surface area contributed by atoms with Crippen LogP contribution in [0.25, 0.3) is 0 Å². The first-order valence-electron chi connectivity index (χ1n) is 5.64. The second kappa shape index (κ2) is 4.74. The lowest BCUT2D eigenvalue weighted by Gasteiger charge is -2.23. The van der Waals surface area contributed by atoms with Crippen LogP contribution >= 0.6 is 0 Å². The van der Waals surface area contributed by atoms with Crippen molar-refractivity contribution in [2.45, 2.75) is 32.2 Å². The van der Waals surface area contributed by atoms with E-state index in [4.69, 9.17) is 5.11 Å². The van der Waals surface area contributed by atoms with E-state index in [0.717, 1.165) is 12.8 Å². The van der Waals surface area contributed by atoms with Gasteiger partial charge in [-0.25, -0.2) is 14.4 Å². The highest BCUT2D eigenvalue weighted by Crippen LogP contribution is 2.31. The van der Waals surface area contributed by atoms with E-state index in [9.17, 15) is 4.39 Å². The van der Waals surface area contributed by atoms with Crippen molar-refractivity contribution in [2.24, 2.45) is 0 Å². The lowest BCUT2D eigenvalue weighted by atomic mass is 10.3. The molecule has 88 valence electrons. The zero-order valence-corrected chi connectivity index (χ0v) is 9.36. The minimum atomic E-state index is -0.342. The molecule has 0 atom stereocenters. The van der Waals surface area contributed by atoms with Gasteiger partial charge in [0, 0.05) is 12.6 Å². The number of nitrogens with zero attached hydrogens (tertiary/aromatic N) is 3. The Kier molecular flexibility index (Phi) is 3.33. The predicted octanol–water partition coefficient (Wildman–Crippen LogP) is 1.14. The molecule has 1 aromatic heterocycles. The zero-order chi connectivity index (χ0) is 11.5. The van der Waals surface area contributed by atoms with Crippen LogP contribution in [0, 0.1) is 5.82 Å². The third-order valence-corrected chi connectivity index (χ3v) is 2.78. The van der Waals surface area contributed by atoms with E-state index in [1.54, 1.807) is 0 Å². The van der Waals surface area contributed by atoms with Crippen molar-refractivity contribution >= 4 is 5.82 Å². The van der Waals surface area contributed by atoms with E-state index in [0.29, 0.717) is 30.5 Å². The second-order valence-corrected chi connectivity index (χ2v) is 3.96. The lowest BCUT2D eigenvalue weighted by Crippen LogP contribution is -2.31. The summed E-state index contributed by atoms with van der Waals surface area (Å²) in [5, 5.41) is 8.98. The first kappa shape index (κ1) is 11.3. The summed E-state index contributed by atoms with van der Waals surface area (Å²) in [5.74, 6) is -0.00579. The first-order chi connectivity index (χ1) is 7.77. The molecule has 0 amide bonds. The molecule has 0 unspecified atom stereocenters. The second-order valence-electron chi connectivity index (χ2n) is 3.96. The smallest absolute Gasteiger partial charge is 0.187 e. The molecule has 1 N–H and O–H groups in total. The molecule has 1 fully saturated rings. The van der Waals surface area contributed by atoms with Gasteiger partial charge in [-0.3, -0.25) is 0 Å². The van der Waals surface area contributed by atoms with Crippen LogP contribution in [0.5, 0.6) is 0 Å². The molecule has 4 nitrogen and oxygen atoms in total. The van der Waals surface area contributed by atoms with Crippen molar-refractivity contribution in [2.75, 3.05) is 18.1 Å². The quantitative estimate of drug-likeness (QED) is 0.816.